The van der Waals surface area contributed by atoms with Crippen LogP contribution in [0.2, 0.25) is 0 Å². The Morgan fingerprint density at radius 3 is 3.00 bits per heavy atom. The van der Waals surface area contributed by atoms with E-state index in [0.29, 0.717) is 17.7 Å². The number of phenolic OH excluding ortho intramolecular Hbond substituents is 1. The van der Waals surface area contributed by atoms with Crippen LogP contribution in [-0.2, 0) is 13.0 Å². The van der Waals surface area contributed by atoms with E-state index >= 15 is 0 Å². The lowest BCUT2D eigenvalue weighted by molar-refractivity contribution is 0.397. The van der Waals surface area contributed by atoms with E-state index in [9.17, 15) is 5.11 Å². The number of aromatic hydroxyl groups is 1. The third kappa shape index (κ3) is 2.60. The summed E-state index contributed by atoms with van der Waals surface area (Å²) in [6.07, 6.45) is 3.92. The fraction of sp³-hybridized carbons (Fsp3) is 0.312. The van der Waals surface area contributed by atoms with Gasteiger partial charge in [-0.25, -0.2) is 4.98 Å². The van der Waals surface area contributed by atoms with Crippen LogP contribution in [0.5, 0.6) is 11.6 Å². The third-order valence-corrected chi connectivity index (χ3v) is 3.76. The molecule has 4 nitrogen and oxygen atoms in total. The van der Waals surface area contributed by atoms with Crippen LogP contribution in [0.25, 0.3) is 0 Å². The second-order valence-electron chi connectivity index (χ2n) is 5.06. The molecule has 1 heterocycles. The molecule has 0 saturated heterocycles. The Morgan fingerprint density at radius 2 is 2.25 bits per heavy atom. The van der Waals surface area contributed by atoms with Crippen LogP contribution in [-0.4, -0.2) is 17.2 Å². The first-order chi connectivity index (χ1) is 9.76. The van der Waals surface area contributed by atoms with Gasteiger partial charge in [-0.2, -0.15) is 0 Å². The van der Waals surface area contributed by atoms with Crippen molar-refractivity contribution in [1.29, 1.82) is 0 Å². The number of aryl methyl sites for hydroxylation is 1. The highest BCUT2D eigenvalue weighted by Crippen LogP contribution is 2.33. The van der Waals surface area contributed by atoms with Crippen molar-refractivity contribution in [2.45, 2.75) is 25.4 Å². The quantitative estimate of drug-likeness (QED) is 0.896. The zero-order valence-corrected chi connectivity index (χ0v) is 11.5. The Hall–Kier alpha value is -2.07. The number of nitrogens with zero attached hydrogens (tertiary/aromatic N) is 1. The lowest BCUT2D eigenvalue weighted by atomic mass is 10.1. The van der Waals surface area contributed by atoms with Crippen molar-refractivity contribution in [2.75, 3.05) is 7.11 Å². The number of aromatic nitrogens is 1. The highest BCUT2D eigenvalue weighted by molar-refractivity contribution is 5.40. The maximum absolute atomic E-state index is 9.50. The van der Waals surface area contributed by atoms with Crippen molar-refractivity contribution in [3.63, 3.8) is 0 Å². The average Bonchev–Trinajstić information content (AvgIpc) is 2.88. The molecular formula is C16H18N2O2. The smallest absolute Gasteiger partial charge is 0.212 e. The first kappa shape index (κ1) is 12.9. The second kappa shape index (κ2) is 5.51. The SMILES string of the molecule is COc1ccc(CNC2CCc3cc(O)ccc32)cn1. The van der Waals surface area contributed by atoms with Crippen molar-refractivity contribution in [2.24, 2.45) is 0 Å². The van der Waals surface area contributed by atoms with Gasteiger partial charge in [-0.15, -0.1) is 0 Å². The molecule has 0 amide bonds. The average molecular weight is 270 g/mol. The van der Waals surface area contributed by atoms with Gasteiger partial charge in [0.05, 0.1) is 7.11 Å². The Bertz CT molecular complexity index is 596. The molecule has 0 saturated carbocycles. The molecule has 0 bridgehead atoms. The van der Waals surface area contributed by atoms with E-state index < -0.39 is 0 Å². The molecule has 2 N–H and O–H groups in total. The maximum atomic E-state index is 9.50. The molecule has 1 aliphatic carbocycles. The van der Waals surface area contributed by atoms with Gasteiger partial charge in [0.25, 0.3) is 0 Å². The minimum atomic E-state index is 0.351. The van der Waals surface area contributed by atoms with Gasteiger partial charge < -0.3 is 15.2 Å². The van der Waals surface area contributed by atoms with Crippen LogP contribution in [0.3, 0.4) is 0 Å². The number of phenols is 1. The Balaban J connectivity index is 1.65. The normalized spacial score (nSPS) is 16.9. The van der Waals surface area contributed by atoms with Gasteiger partial charge in [0, 0.05) is 24.8 Å². The van der Waals surface area contributed by atoms with Crippen LogP contribution < -0.4 is 10.1 Å². The van der Waals surface area contributed by atoms with Crippen LogP contribution in [0.1, 0.15) is 29.2 Å². The molecule has 0 fully saturated rings. The van der Waals surface area contributed by atoms with E-state index in [1.165, 1.54) is 11.1 Å². The van der Waals surface area contributed by atoms with Crippen molar-refractivity contribution in [1.82, 2.24) is 10.3 Å². The van der Waals surface area contributed by atoms with Gasteiger partial charge in [-0.05, 0) is 41.7 Å². The summed E-state index contributed by atoms with van der Waals surface area (Å²) in [7, 11) is 1.62. The topological polar surface area (TPSA) is 54.4 Å². The molecule has 2 aromatic rings. The molecule has 0 radical (unpaired) electrons. The van der Waals surface area contributed by atoms with E-state index in [1.807, 2.05) is 30.5 Å². The van der Waals surface area contributed by atoms with Gasteiger partial charge in [0.15, 0.2) is 0 Å². The Labute approximate surface area is 118 Å². The number of rotatable bonds is 4. The number of benzene rings is 1. The maximum Gasteiger partial charge on any atom is 0.212 e. The largest absolute Gasteiger partial charge is 0.508 e. The standard InChI is InChI=1S/C16H18N2O2/c1-20-16-7-2-11(10-18-16)9-17-15-6-3-12-8-13(19)4-5-14(12)15/h2,4-5,7-8,10,15,17,19H,3,6,9H2,1H3. The van der Waals surface area contributed by atoms with Crippen molar-refractivity contribution >= 4 is 0 Å². The summed E-state index contributed by atoms with van der Waals surface area (Å²) in [4.78, 5) is 4.20. The number of pyridine rings is 1. The second-order valence-corrected chi connectivity index (χ2v) is 5.06. The monoisotopic (exact) mass is 270 g/mol. The predicted molar refractivity (Wildman–Crippen MR) is 76.8 cm³/mol. The number of fused-ring (bicyclic) bond motifs is 1. The summed E-state index contributed by atoms with van der Waals surface area (Å²) in [5.74, 6) is 0.985. The highest BCUT2D eigenvalue weighted by atomic mass is 16.5. The minimum absolute atomic E-state index is 0.351. The minimum Gasteiger partial charge on any atom is -0.508 e. The summed E-state index contributed by atoms with van der Waals surface area (Å²) in [5, 5.41) is 13.0. The van der Waals surface area contributed by atoms with Gasteiger partial charge in [0.2, 0.25) is 5.88 Å². The number of hydrogen-bond donors (Lipinski definition) is 2. The first-order valence-electron chi connectivity index (χ1n) is 6.80. The van der Waals surface area contributed by atoms with Gasteiger partial charge in [-0.3, -0.25) is 0 Å². The predicted octanol–water partition coefficient (Wildman–Crippen LogP) is 2.57. The molecule has 0 aliphatic heterocycles. The van der Waals surface area contributed by atoms with Crippen molar-refractivity contribution in [3.05, 3.63) is 53.2 Å². The van der Waals surface area contributed by atoms with Crippen molar-refractivity contribution < 1.29 is 9.84 Å². The van der Waals surface area contributed by atoms with E-state index in [2.05, 4.69) is 10.3 Å². The lowest BCUT2D eigenvalue weighted by Gasteiger charge is -2.14. The molecule has 1 aromatic carbocycles. The molecule has 3 rings (SSSR count). The first-order valence-corrected chi connectivity index (χ1v) is 6.80. The molecule has 20 heavy (non-hydrogen) atoms. The van der Waals surface area contributed by atoms with Gasteiger partial charge in [0.1, 0.15) is 5.75 Å². The van der Waals surface area contributed by atoms with Crippen LogP contribution in [0, 0.1) is 0 Å². The Kier molecular flexibility index (Phi) is 3.56. The number of nitrogens with one attached hydrogen (secondary N) is 1. The molecular weight excluding hydrogens is 252 g/mol. The molecule has 1 aliphatic rings. The van der Waals surface area contributed by atoms with Crippen LogP contribution in [0.4, 0.5) is 0 Å². The summed E-state index contributed by atoms with van der Waals surface area (Å²) in [6.45, 7) is 0.780. The zero-order valence-electron chi connectivity index (χ0n) is 11.5. The third-order valence-electron chi connectivity index (χ3n) is 3.76. The van der Waals surface area contributed by atoms with E-state index in [0.717, 1.165) is 24.9 Å². The lowest BCUT2D eigenvalue weighted by Crippen LogP contribution is -2.18. The number of methoxy groups -OCH3 is 1. The molecule has 1 unspecified atom stereocenters. The summed E-state index contributed by atoms with van der Waals surface area (Å²) in [6, 6.07) is 9.89. The highest BCUT2D eigenvalue weighted by Gasteiger charge is 2.21. The zero-order chi connectivity index (χ0) is 13.9. The van der Waals surface area contributed by atoms with Gasteiger partial charge in [-0.1, -0.05) is 12.1 Å². The van der Waals surface area contributed by atoms with Crippen LogP contribution >= 0.6 is 0 Å². The molecule has 0 spiro atoms. The summed E-state index contributed by atoms with van der Waals surface area (Å²) < 4.78 is 5.05. The number of ether oxygens (including phenoxy) is 1. The number of hydrogen-bond acceptors (Lipinski definition) is 4. The van der Waals surface area contributed by atoms with E-state index in [4.69, 9.17) is 4.74 Å². The summed E-state index contributed by atoms with van der Waals surface area (Å²) >= 11 is 0. The Morgan fingerprint density at radius 1 is 1.35 bits per heavy atom. The fourth-order valence-electron chi connectivity index (χ4n) is 2.69. The molecule has 1 atom stereocenters. The van der Waals surface area contributed by atoms with Gasteiger partial charge >= 0.3 is 0 Å². The van der Waals surface area contributed by atoms with Crippen LogP contribution in [0.15, 0.2) is 36.5 Å². The van der Waals surface area contributed by atoms with E-state index in [1.54, 1.807) is 13.2 Å². The fourth-order valence-corrected chi connectivity index (χ4v) is 2.69. The molecule has 1 aromatic heterocycles. The molecule has 4 heteroatoms. The van der Waals surface area contributed by atoms with E-state index in [-0.39, 0.29) is 0 Å². The molecule has 104 valence electrons. The van der Waals surface area contributed by atoms with Crippen molar-refractivity contribution in [3.8, 4) is 11.6 Å². The summed E-state index contributed by atoms with van der Waals surface area (Å²) in [5.41, 5.74) is 3.68.